The van der Waals surface area contributed by atoms with Crippen molar-refractivity contribution in [3.05, 3.63) is 83.8 Å². The highest BCUT2D eigenvalue weighted by atomic mass is 19.1. The van der Waals surface area contributed by atoms with Crippen molar-refractivity contribution in [3.63, 3.8) is 0 Å². The summed E-state index contributed by atoms with van der Waals surface area (Å²) in [5, 5.41) is 3.08. The maximum Gasteiger partial charge on any atom is 0.282 e. The van der Waals surface area contributed by atoms with Gasteiger partial charge in [0.1, 0.15) is 17.3 Å². The summed E-state index contributed by atoms with van der Waals surface area (Å²) in [5.74, 6) is -0.217. The molecule has 3 aromatic rings. The van der Waals surface area contributed by atoms with E-state index in [1.54, 1.807) is 36.4 Å². The van der Waals surface area contributed by atoms with Crippen LogP contribution in [0.4, 0.5) is 15.8 Å². The molecule has 0 unspecified atom stereocenters. The van der Waals surface area contributed by atoms with Gasteiger partial charge in [0, 0.05) is 6.07 Å². The van der Waals surface area contributed by atoms with E-state index < -0.39 is 17.6 Å². The zero-order valence-corrected chi connectivity index (χ0v) is 18.9. The predicted octanol–water partition coefficient (Wildman–Crippen LogP) is 4.64. The molecule has 174 valence electrons. The Morgan fingerprint density at radius 2 is 1.56 bits per heavy atom. The van der Waals surface area contributed by atoms with Crippen LogP contribution >= 0.6 is 0 Å². The second-order valence-electron chi connectivity index (χ2n) is 7.30. The number of hydrogen-bond acceptors (Lipinski definition) is 6. The lowest BCUT2D eigenvalue weighted by molar-refractivity contribution is -0.120. The number of methoxy groups -OCH3 is 2. The van der Waals surface area contributed by atoms with E-state index in [1.165, 1.54) is 38.5 Å². The minimum absolute atomic E-state index is 0.0542. The fourth-order valence-electron chi connectivity index (χ4n) is 3.71. The fourth-order valence-corrected chi connectivity index (χ4v) is 3.71. The van der Waals surface area contributed by atoms with Crippen LogP contribution in [0.2, 0.25) is 0 Å². The van der Waals surface area contributed by atoms with Gasteiger partial charge in [0.15, 0.2) is 11.5 Å². The molecule has 1 aliphatic heterocycles. The molecular weight excluding hydrogens is 439 g/mol. The number of rotatable bonds is 8. The van der Waals surface area contributed by atoms with Crippen molar-refractivity contribution in [2.24, 2.45) is 0 Å². The Morgan fingerprint density at radius 3 is 2.24 bits per heavy atom. The first-order valence-corrected chi connectivity index (χ1v) is 10.6. The normalized spacial score (nSPS) is 13.4. The van der Waals surface area contributed by atoms with Gasteiger partial charge in [-0.2, -0.15) is 0 Å². The number of nitrogens with one attached hydrogen (secondary N) is 1. The summed E-state index contributed by atoms with van der Waals surface area (Å²) in [6.45, 7) is 2.27. The van der Waals surface area contributed by atoms with Crippen molar-refractivity contribution in [2.75, 3.05) is 31.0 Å². The second kappa shape index (κ2) is 9.66. The lowest BCUT2D eigenvalue weighted by atomic mass is 10.0. The van der Waals surface area contributed by atoms with E-state index in [-0.39, 0.29) is 11.3 Å². The SMILES string of the molecule is CCOc1ccccc1NC1=C(c2ccc(F)cc2)C(=O)N(c2ccc(OC)c(OC)c2)C1=O. The summed E-state index contributed by atoms with van der Waals surface area (Å²) in [6.07, 6.45) is 0. The number of para-hydroxylation sites is 2. The molecule has 0 bridgehead atoms. The number of anilines is 2. The highest BCUT2D eigenvalue weighted by Crippen LogP contribution is 2.38. The van der Waals surface area contributed by atoms with E-state index >= 15 is 0 Å². The Morgan fingerprint density at radius 1 is 0.853 bits per heavy atom. The summed E-state index contributed by atoms with van der Waals surface area (Å²) in [7, 11) is 2.96. The number of amides is 2. The molecule has 0 aromatic heterocycles. The van der Waals surface area contributed by atoms with Crippen LogP contribution in [0.5, 0.6) is 17.2 Å². The molecule has 0 saturated heterocycles. The van der Waals surface area contributed by atoms with Gasteiger partial charge in [-0.15, -0.1) is 0 Å². The molecule has 0 aliphatic carbocycles. The van der Waals surface area contributed by atoms with Crippen molar-refractivity contribution in [2.45, 2.75) is 6.92 Å². The van der Waals surface area contributed by atoms with Crippen LogP contribution in [0, 0.1) is 5.82 Å². The molecule has 3 aromatic carbocycles. The molecule has 4 rings (SSSR count). The van der Waals surface area contributed by atoms with E-state index in [0.29, 0.717) is 40.8 Å². The van der Waals surface area contributed by atoms with Gasteiger partial charge in [0.2, 0.25) is 0 Å². The van der Waals surface area contributed by atoms with Gasteiger partial charge in [0.25, 0.3) is 11.8 Å². The Hall–Kier alpha value is -4.33. The molecule has 1 N–H and O–H groups in total. The summed E-state index contributed by atoms with van der Waals surface area (Å²) < 4.78 is 29.8. The van der Waals surface area contributed by atoms with Gasteiger partial charge in [-0.1, -0.05) is 24.3 Å². The monoisotopic (exact) mass is 462 g/mol. The first-order chi connectivity index (χ1) is 16.5. The van der Waals surface area contributed by atoms with Gasteiger partial charge in [-0.05, 0) is 48.9 Å². The number of carbonyl (C=O) groups excluding carboxylic acids is 2. The van der Waals surface area contributed by atoms with Crippen molar-refractivity contribution < 1.29 is 28.2 Å². The third kappa shape index (κ3) is 4.17. The Bertz CT molecular complexity index is 1270. The fraction of sp³-hybridized carbons (Fsp3) is 0.154. The number of benzene rings is 3. The lowest BCUT2D eigenvalue weighted by Crippen LogP contribution is -2.32. The smallest absolute Gasteiger partial charge is 0.282 e. The zero-order chi connectivity index (χ0) is 24.2. The number of carbonyl (C=O) groups is 2. The van der Waals surface area contributed by atoms with Crippen LogP contribution < -0.4 is 24.4 Å². The van der Waals surface area contributed by atoms with Crippen LogP contribution in [-0.2, 0) is 9.59 Å². The molecule has 1 heterocycles. The second-order valence-corrected chi connectivity index (χ2v) is 7.30. The summed E-state index contributed by atoms with van der Waals surface area (Å²) in [5.41, 5.74) is 1.40. The standard InChI is InChI=1S/C26H23FN2O5/c1-4-34-20-8-6-5-7-19(20)28-24-23(16-9-11-17(27)12-10-16)25(30)29(26(24)31)18-13-14-21(32-2)22(15-18)33-3/h5-15,28H,4H2,1-3H3. The van der Waals surface area contributed by atoms with E-state index in [2.05, 4.69) is 5.32 Å². The van der Waals surface area contributed by atoms with Gasteiger partial charge >= 0.3 is 0 Å². The quantitative estimate of drug-likeness (QED) is 0.492. The first kappa shape index (κ1) is 22.8. The molecule has 34 heavy (non-hydrogen) atoms. The number of ether oxygens (including phenoxy) is 3. The minimum atomic E-state index is -0.567. The number of imide groups is 1. The van der Waals surface area contributed by atoms with Gasteiger partial charge in [-0.3, -0.25) is 9.59 Å². The third-order valence-electron chi connectivity index (χ3n) is 5.29. The predicted molar refractivity (Wildman–Crippen MR) is 127 cm³/mol. The van der Waals surface area contributed by atoms with E-state index in [4.69, 9.17) is 14.2 Å². The van der Waals surface area contributed by atoms with Crippen LogP contribution in [-0.4, -0.2) is 32.6 Å². The van der Waals surface area contributed by atoms with Crippen LogP contribution in [0.1, 0.15) is 12.5 Å². The molecule has 8 heteroatoms. The van der Waals surface area contributed by atoms with E-state index in [1.807, 2.05) is 13.0 Å². The van der Waals surface area contributed by atoms with Crippen LogP contribution in [0.3, 0.4) is 0 Å². The van der Waals surface area contributed by atoms with Crippen LogP contribution in [0.15, 0.2) is 72.4 Å². The molecule has 0 saturated carbocycles. The van der Waals surface area contributed by atoms with Crippen molar-refractivity contribution in [1.29, 1.82) is 0 Å². The Labute approximate surface area is 196 Å². The number of hydrogen-bond donors (Lipinski definition) is 1. The molecule has 7 nitrogen and oxygen atoms in total. The topological polar surface area (TPSA) is 77.1 Å². The van der Waals surface area contributed by atoms with E-state index in [0.717, 1.165) is 4.90 Å². The summed E-state index contributed by atoms with van der Waals surface area (Å²) in [6, 6.07) is 17.3. The highest BCUT2D eigenvalue weighted by Gasteiger charge is 2.40. The Kier molecular flexibility index (Phi) is 6.49. The van der Waals surface area contributed by atoms with Crippen molar-refractivity contribution >= 4 is 28.8 Å². The zero-order valence-electron chi connectivity index (χ0n) is 18.9. The Balaban J connectivity index is 1.82. The maximum absolute atomic E-state index is 13.6. The maximum atomic E-state index is 13.6. The summed E-state index contributed by atoms with van der Waals surface area (Å²) in [4.78, 5) is 28.2. The number of nitrogens with zero attached hydrogens (tertiary/aromatic N) is 1. The van der Waals surface area contributed by atoms with Gasteiger partial charge in [-0.25, -0.2) is 9.29 Å². The average molecular weight is 462 g/mol. The van der Waals surface area contributed by atoms with Gasteiger partial charge < -0.3 is 19.5 Å². The highest BCUT2D eigenvalue weighted by molar-refractivity contribution is 6.46. The minimum Gasteiger partial charge on any atom is -0.493 e. The molecule has 0 radical (unpaired) electrons. The van der Waals surface area contributed by atoms with E-state index in [9.17, 15) is 14.0 Å². The molecule has 0 atom stereocenters. The molecule has 0 spiro atoms. The lowest BCUT2D eigenvalue weighted by Gasteiger charge is -2.18. The van der Waals surface area contributed by atoms with Crippen LogP contribution in [0.25, 0.3) is 5.57 Å². The molecule has 2 amide bonds. The summed E-state index contributed by atoms with van der Waals surface area (Å²) >= 11 is 0. The average Bonchev–Trinajstić information content (AvgIpc) is 3.09. The van der Waals surface area contributed by atoms with Crippen molar-refractivity contribution in [3.8, 4) is 17.2 Å². The molecule has 1 aliphatic rings. The first-order valence-electron chi connectivity index (χ1n) is 10.6. The third-order valence-corrected chi connectivity index (χ3v) is 5.29. The molecule has 0 fully saturated rings. The largest absolute Gasteiger partial charge is 0.493 e. The number of halogens is 1. The van der Waals surface area contributed by atoms with Gasteiger partial charge in [0.05, 0.1) is 37.8 Å². The molecular formula is C26H23FN2O5. The van der Waals surface area contributed by atoms with Crippen molar-refractivity contribution in [1.82, 2.24) is 0 Å².